The SMILES string of the molecule is Cc1nc2ccc(C(=O)N3CCN(C(=O)C4CCCO4)CC3)cc2o1. The van der Waals surface area contributed by atoms with Crippen LogP contribution < -0.4 is 0 Å². The molecule has 1 atom stereocenters. The molecule has 0 saturated carbocycles. The Bertz CT molecular complexity index is 802. The number of carbonyl (C=O) groups excluding carboxylic acids is 2. The molecule has 2 amide bonds. The van der Waals surface area contributed by atoms with Crippen molar-refractivity contribution in [1.82, 2.24) is 14.8 Å². The minimum atomic E-state index is -0.292. The van der Waals surface area contributed by atoms with E-state index in [9.17, 15) is 9.59 Å². The van der Waals surface area contributed by atoms with Gasteiger partial charge in [-0.1, -0.05) is 0 Å². The third-order valence-corrected chi connectivity index (χ3v) is 4.83. The van der Waals surface area contributed by atoms with E-state index in [0.29, 0.717) is 49.8 Å². The first-order chi connectivity index (χ1) is 12.1. The molecule has 2 saturated heterocycles. The number of nitrogens with zero attached hydrogens (tertiary/aromatic N) is 3. The molecule has 7 heteroatoms. The van der Waals surface area contributed by atoms with Gasteiger partial charge in [-0.25, -0.2) is 4.98 Å². The largest absolute Gasteiger partial charge is 0.441 e. The average Bonchev–Trinajstić information content (AvgIpc) is 3.28. The lowest BCUT2D eigenvalue weighted by Crippen LogP contribution is -2.52. The Balaban J connectivity index is 1.40. The van der Waals surface area contributed by atoms with Gasteiger partial charge < -0.3 is 19.0 Å². The molecule has 0 bridgehead atoms. The third-order valence-electron chi connectivity index (χ3n) is 4.83. The van der Waals surface area contributed by atoms with Crippen LogP contribution in [0.3, 0.4) is 0 Å². The van der Waals surface area contributed by atoms with E-state index in [4.69, 9.17) is 9.15 Å². The first kappa shape index (κ1) is 16.1. The van der Waals surface area contributed by atoms with Crippen molar-refractivity contribution < 1.29 is 18.7 Å². The quantitative estimate of drug-likeness (QED) is 0.828. The number of ether oxygens (including phenoxy) is 1. The van der Waals surface area contributed by atoms with Crippen molar-refractivity contribution >= 4 is 22.9 Å². The van der Waals surface area contributed by atoms with Crippen LogP contribution in [-0.2, 0) is 9.53 Å². The molecule has 2 fully saturated rings. The number of amides is 2. The standard InChI is InChI=1S/C18H21N3O4/c1-12-19-14-5-4-13(11-16(14)25-12)17(22)20-6-8-21(9-7-20)18(23)15-3-2-10-24-15/h4-5,11,15H,2-3,6-10H2,1H3. The number of aromatic nitrogens is 1. The number of oxazole rings is 1. The van der Waals surface area contributed by atoms with Gasteiger partial charge >= 0.3 is 0 Å². The van der Waals surface area contributed by atoms with Gasteiger partial charge in [0, 0.05) is 45.3 Å². The number of aryl methyl sites for hydroxylation is 1. The molecule has 1 aromatic carbocycles. The number of benzene rings is 1. The molecule has 3 heterocycles. The topological polar surface area (TPSA) is 75.9 Å². The van der Waals surface area contributed by atoms with Crippen molar-refractivity contribution in [2.24, 2.45) is 0 Å². The molecule has 0 spiro atoms. The molecule has 2 aromatic rings. The fraction of sp³-hybridized carbons (Fsp3) is 0.500. The summed E-state index contributed by atoms with van der Waals surface area (Å²) in [6.07, 6.45) is 1.45. The Morgan fingerprint density at radius 3 is 2.64 bits per heavy atom. The van der Waals surface area contributed by atoms with Crippen LogP contribution in [0.5, 0.6) is 0 Å². The second-order valence-electron chi connectivity index (χ2n) is 6.53. The van der Waals surface area contributed by atoms with Crippen LogP contribution in [0.25, 0.3) is 11.1 Å². The first-order valence-corrected chi connectivity index (χ1v) is 8.69. The predicted octanol–water partition coefficient (Wildman–Crippen LogP) is 1.60. The number of hydrogen-bond donors (Lipinski definition) is 0. The fourth-order valence-electron chi connectivity index (χ4n) is 3.46. The Labute approximate surface area is 145 Å². The molecule has 4 rings (SSSR count). The molecule has 2 aliphatic rings. The number of carbonyl (C=O) groups is 2. The van der Waals surface area contributed by atoms with Crippen LogP contribution in [0.15, 0.2) is 22.6 Å². The highest BCUT2D eigenvalue weighted by molar-refractivity contribution is 5.97. The van der Waals surface area contributed by atoms with Crippen LogP contribution in [0.4, 0.5) is 0 Å². The van der Waals surface area contributed by atoms with Gasteiger partial charge in [-0.05, 0) is 31.0 Å². The lowest BCUT2D eigenvalue weighted by atomic mass is 10.1. The Morgan fingerprint density at radius 2 is 1.92 bits per heavy atom. The lowest BCUT2D eigenvalue weighted by molar-refractivity contribution is -0.142. The zero-order valence-electron chi connectivity index (χ0n) is 14.2. The van der Waals surface area contributed by atoms with E-state index in [0.717, 1.165) is 18.4 Å². The molecular weight excluding hydrogens is 322 g/mol. The number of hydrogen-bond acceptors (Lipinski definition) is 5. The Morgan fingerprint density at radius 1 is 1.16 bits per heavy atom. The average molecular weight is 343 g/mol. The molecule has 0 N–H and O–H groups in total. The van der Waals surface area contributed by atoms with Gasteiger partial charge in [0.15, 0.2) is 11.5 Å². The van der Waals surface area contributed by atoms with E-state index in [1.165, 1.54) is 0 Å². The van der Waals surface area contributed by atoms with Gasteiger partial charge in [-0.2, -0.15) is 0 Å². The molecule has 25 heavy (non-hydrogen) atoms. The van der Waals surface area contributed by atoms with E-state index in [-0.39, 0.29) is 17.9 Å². The molecule has 7 nitrogen and oxygen atoms in total. The monoisotopic (exact) mass is 343 g/mol. The van der Waals surface area contributed by atoms with E-state index in [2.05, 4.69) is 4.98 Å². The van der Waals surface area contributed by atoms with Crippen LogP contribution >= 0.6 is 0 Å². The maximum atomic E-state index is 12.7. The number of piperazine rings is 1. The summed E-state index contributed by atoms with van der Waals surface area (Å²) in [7, 11) is 0. The molecule has 1 aromatic heterocycles. The van der Waals surface area contributed by atoms with Crippen molar-refractivity contribution in [2.75, 3.05) is 32.8 Å². The highest BCUT2D eigenvalue weighted by Gasteiger charge is 2.31. The second kappa shape index (κ2) is 6.48. The van der Waals surface area contributed by atoms with Gasteiger partial charge in [0.2, 0.25) is 0 Å². The number of fused-ring (bicyclic) bond motifs is 1. The minimum Gasteiger partial charge on any atom is -0.441 e. The first-order valence-electron chi connectivity index (χ1n) is 8.69. The van der Waals surface area contributed by atoms with Crippen LogP contribution in [0, 0.1) is 6.92 Å². The summed E-state index contributed by atoms with van der Waals surface area (Å²) >= 11 is 0. The molecule has 0 radical (unpaired) electrons. The summed E-state index contributed by atoms with van der Waals surface area (Å²) in [6, 6.07) is 5.31. The van der Waals surface area contributed by atoms with E-state index < -0.39 is 0 Å². The van der Waals surface area contributed by atoms with Crippen molar-refractivity contribution in [3.8, 4) is 0 Å². The van der Waals surface area contributed by atoms with E-state index >= 15 is 0 Å². The maximum Gasteiger partial charge on any atom is 0.254 e. The zero-order valence-corrected chi connectivity index (χ0v) is 14.2. The number of rotatable bonds is 2. The summed E-state index contributed by atoms with van der Waals surface area (Å²) < 4.78 is 11.0. The van der Waals surface area contributed by atoms with E-state index in [1.54, 1.807) is 30.0 Å². The van der Waals surface area contributed by atoms with Crippen LogP contribution in [0.2, 0.25) is 0 Å². The summed E-state index contributed by atoms with van der Waals surface area (Å²) in [6.45, 7) is 4.61. The Hall–Kier alpha value is -2.41. The molecule has 2 aliphatic heterocycles. The van der Waals surface area contributed by atoms with Gasteiger partial charge in [0.25, 0.3) is 11.8 Å². The summed E-state index contributed by atoms with van der Waals surface area (Å²) in [5, 5.41) is 0. The summed E-state index contributed by atoms with van der Waals surface area (Å²) in [5.41, 5.74) is 1.96. The van der Waals surface area contributed by atoms with Gasteiger partial charge in [0.1, 0.15) is 11.6 Å². The van der Waals surface area contributed by atoms with Crippen molar-refractivity contribution in [3.05, 3.63) is 29.7 Å². The van der Waals surface area contributed by atoms with Crippen LogP contribution in [0.1, 0.15) is 29.1 Å². The Kier molecular flexibility index (Phi) is 4.17. The second-order valence-corrected chi connectivity index (χ2v) is 6.53. The minimum absolute atomic E-state index is 0.0415. The predicted molar refractivity (Wildman–Crippen MR) is 90.2 cm³/mol. The lowest BCUT2D eigenvalue weighted by Gasteiger charge is -2.35. The molecular formula is C18H21N3O4. The third kappa shape index (κ3) is 3.11. The molecule has 1 unspecified atom stereocenters. The molecule has 132 valence electrons. The van der Waals surface area contributed by atoms with Gasteiger partial charge in [-0.3, -0.25) is 9.59 Å². The maximum absolute atomic E-state index is 12.7. The van der Waals surface area contributed by atoms with Gasteiger partial charge in [0.05, 0.1) is 0 Å². The highest BCUT2D eigenvalue weighted by Crippen LogP contribution is 2.20. The molecule has 0 aliphatic carbocycles. The van der Waals surface area contributed by atoms with Crippen molar-refractivity contribution in [2.45, 2.75) is 25.9 Å². The van der Waals surface area contributed by atoms with Crippen molar-refractivity contribution in [1.29, 1.82) is 0 Å². The smallest absolute Gasteiger partial charge is 0.254 e. The summed E-state index contributed by atoms with van der Waals surface area (Å²) in [5.74, 6) is 0.601. The van der Waals surface area contributed by atoms with Crippen LogP contribution in [-0.4, -0.2) is 65.5 Å². The highest BCUT2D eigenvalue weighted by atomic mass is 16.5. The fourth-order valence-corrected chi connectivity index (χ4v) is 3.46. The summed E-state index contributed by atoms with van der Waals surface area (Å²) in [4.78, 5) is 32.9. The normalized spacial score (nSPS) is 21.1. The van der Waals surface area contributed by atoms with E-state index in [1.807, 2.05) is 4.90 Å². The van der Waals surface area contributed by atoms with Gasteiger partial charge in [-0.15, -0.1) is 0 Å². The van der Waals surface area contributed by atoms with Crippen molar-refractivity contribution in [3.63, 3.8) is 0 Å². The zero-order chi connectivity index (χ0) is 17.4.